The van der Waals surface area contributed by atoms with Crippen molar-refractivity contribution in [3.8, 4) is 12.3 Å². The van der Waals surface area contributed by atoms with E-state index in [1.165, 1.54) is 17.2 Å². The van der Waals surface area contributed by atoms with Crippen LogP contribution in [0, 0.1) is 24.2 Å². The van der Waals surface area contributed by atoms with Gasteiger partial charge in [0.15, 0.2) is 0 Å². The number of halogens is 1. The van der Waals surface area contributed by atoms with E-state index in [2.05, 4.69) is 10.9 Å². The van der Waals surface area contributed by atoms with E-state index in [4.69, 9.17) is 6.42 Å². The van der Waals surface area contributed by atoms with Crippen LogP contribution in [0.15, 0.2) is 18.3 Å². The fourth-order valence-electron chi connectivity index (χ4n) is 1.63. The molecule has 0 spiro atoms. The molecular weight excluding hydrogens is 195 g/mol. The molecule has 2 rings (SSSR count). The van der Waals surface area contributed by atoms with Crippen LogP contribution < -0.4 is 4.90 Å². The van der Waals surface area contributed by atoms with E-state index in [0.717, 1.165) is 0 Å². The number of amides is 1. The Hall–Kier alpha value is -1.89. The fourth-order valence-corrected chi connectivity index (χ4v) is 1.63. The normalized spacial score (nSPS) is 20.4. The van der Waals surface area contributed by atoms with Crippen molar-refractivity contribution in [3.63, 3.8) is 0 Å². The summed E-state index contributed by atoms with van der Waals surface area (Å²) in [7, 11) is 0. The lowest BCUT2D eigenvalue weighted by molar-refractivity contribution is -0.117. The van der Waals surface area contributed by atoms with Gasteiger partial charge in [0, 0.05) is 25.1 Å². The molecule has 0 N–H and O–H groups in total. The van der Waals surface area contributed by atoms with Gasteiger partial charge in [-0.1, -0.05) is 0 Å². The van der Waals surface area contributed by atoms with E-state index in [0.29, 0.717) is 6.54 Å². The predicted octanol–water partition coefficient (Wildman–Crippen LogP) is 1.21. The number of aromatic nitrogens is 1. The highest BCUT2D eigenvalue weighted by Crippen LogP contribution is 2.25. The molecule has 0 aliphatic carbocycles. The third kappa shape index (κ3) is 1.68. The highest BCUT2D eigenvalue weighted by atomic mass is 19.1. The molecule has 1 atom stereocenters. The van der Waals surface area contributed by atoms with Crippen molar-refractivity contribution < 1.29 is 9.18 Å². The minimum atomic E-state index is -0.636. The van der Waals surface area contributed by atoms with Gasteiger partial charge in [-0.15, -0.1) is 12.3 Å². The first-order chi connectivity index (χ1) is 7.22. The summed E-state index contributed by atoms with van der Waals surface area (Å²) in [5.74, 6) is 1.60. The number of hydrogen-bond acceptors (Lipinski definition) is 2. The Kier molecular flexibility index (Phi) is 2.38. The molecule has 3 nitrogen and oxygen atoms in total. The van der Waals surface area contributed by atoms with Crippen LogP contribution in [0.25, 0.3) is 0 Å². The topological polar surface area (TPSA) is 33.2 Å². The summed E-state index contributed by atoms with van der Waals surface area (Å²) in [6.45, 7) is 0.373. The number of anilines is 1. The summed E-state index contributed by atoms with van der Waals surface area (Å²) in [5, 5.41) is 0. The molecule has 2 heterocycles. The van der Waals surface area contributed by atoms with Crippen molar-refractivity contribution in [2.45, 2.75) is 6.42 Å². The first-order valence-electron chi connectivity index (χ1n) is 4.59. The zero-order valence-corrected chi connectivity index (χ0v) is 7.98. The van der Waals surface area contributed by atoms with Crippen LogP contribution in [-0.2, 0) is 4.79 Å². The van der Waals surface area contributed by atoms with E-state index in [1.54, 1.807) is 6.07 Å². The van der Waals surface area contributed by atoms with Gasteiger partial charge in [0.1, 0.15) is 0 Å². The maximum Gasteiger partial charge on any atom is 0.236 e. The van der Waals surface area contributed by atoms with E-state index in [1.807, 2.05) is 0 Å². The SMILES string of the molecule is C#CC1CC(=O)N(c2cccnc2F)C1. The molecule has 1 aliphatic rings. The largest absolute Gasteiger partial charge is 0.307 e. The van der Waals surface area contributed by atoms with Crippen LogP contribution in [0.3, 0.4) is 0 Å². The Balaban J connectivity index is 2.30. The number of pyridine rings is 1. The Labute approximate surface area is 86.9 Å². The van der Waals surface area contributed by atoms with E-state index >= 15 is 0 Å². The molecule has 76 valence electrons. The number of nitrogens with zero attached hydrogens (tertiary/aromatic N) is 2. The lowest BCUT2D eigenvalue weighted by Crippen LogP contribution is -2.25. The molecule has 0 radical (unpaired) electrons. The second-order valence-electron chi connectivity index (χ2n) is 3.39. The second-order valence-corrected chi connectivity index (χ2v) is 3.39. The number of carbonyl (C=O) groups excluding carboxylic acids is 1. The van der Waals surface area contributed by atoms with Gasteiger partial charge in [0.2, 0.25) is 11.9 Å². The summed E-state index contributed by atoms with van der Waals surface area (Å²) in [6.07, 6.45) is 6.86. The third-order valence-electron chi connectivity index (χ3n) is 2.39. The average Bonchev–Trinajstić information content (AvgIpc) is 2.60. The number of carbonyl (C=O) groups is 1. The lowest BCUT2D eigenvalue weighted by atomic mass is 10.1. The van der Waals surface area contributed by atoms with Crippen molar-refractivity contribution in [2.75, 3.05) is 11.4 Å². The molecule has 1 unspecified atom stereocenters. The predicted molar refractivity (Wildman–Crippen MR) is 53.5 cm³/mol. The van der Waals surface area contributed by atoms with Gasteiger partial charge in [-0.25, -0.2) is 4.98 Å². The standard InChI is InChI=1S/C11H9FN2O/c1-2-8-6-10(15)14(7-8)9-4-3-5-13-11(9)12/h1,3-5,8H,6-7H2. The van der Waals surface area contributed by atoms with E-state index < -0.39 is 5.95 Å². The van der Waals surface area contributed by atoms with Gasteiger partial charge >= 0.3 is 0 Å². The molecule has 1 fully saturated rings. The van der Waals surface area contributed by atoms with Crippen molar-refractivity contribution in [1.82, 2.24) is 4.98 Å². The van der Waals surface area contributed by atoms with Gasteiger partial charge in [0.05, 0.1) is 5.69 Å². The number of terminal acetylenes is 1. The van der Waals surface area contributed by atoms with Crippen LogP contribution in [0.2, 0.25) is 0 Å². The maximum absolute atomic E-state index is 13.3. The lowest BCUT2D eigenvalue weighted by Gasteiger charge is -2.15. The number of rotatable bonds is 1. The monoisotopic (exact) mass is 204 g/mol. The van der Waals surface area contributed by atoms with Crippen LogP contribution in [0.4, 0.5) is 10.1 Å². The van der Waals surface area contributed by atoms with E-state index in [9.17, 15) is 9.18 Å². The first kappa shape index (κ1) is 9.66. The van der Waals surface area contributed by atoms with Crippen LogP contribution in [0.1, 0.15) is 6.42 Å². The van der Waals surface area contributed by atoms with Crippen molar-refractivity contribution in [3.05, 3.63) is 24.3 Å². The molecule has 4 heteroatoms. The minimum absolute atomic E-state index is 0.128. The zero-order valence-electron chi connectivity index (χ0n) is 7.98. The average molecular weight is 204 g/mol. The summed E-state index contributed by atoms with van der Waals surface area (Å²) < 4.78 is 13.3. The Morgan fingerprint density at radius 2 is 2.47 bits per heavy atom. The summed E-state index contributed by atoms with van der Waals surface area (Å²) in [5.41, 5.74) is 0.209. The molecule has 0 aromatic carbocycles. The molecule has 1 aromatic heterocycles. The van der Waals surface area contributed by atoms with Gasteiger partial charge in [0.25, 0.3) is 0 Å². The second kappa shape index (κ2) is 3.70. The Morgan fingerprint density at radius 1 is 1.67 bits per heavy atom. The van der Waals surface area contributed by atoms with Gasteiger partial charge < -0.3 is 4.90 Å². The zero-order chi connectivity index (χ0) is 10.8. The summed E-state index contributed by atoms with van der Waals surface area (Å²) in [4.78, 5) is 16.4. The van der Waals surface area contributed by atoms with Crippen LogP contribution >= 0.6 is 0 Å². The Morgan fingerprint density at radius 3 is 3.07 bits per heavy atom. The highest BCUT2D eigenvalue weighted by molar-refractivity contribution is 5.96. The molecule has 1 aliphatic heterocycles. The molecule has 0 bridgehead atoms. The fraction of sp³-hybridized carbons (Fsp3) is 0.273. The number of hydrogen-bond donors (Lipinski definition) is 0. The molecule has 15 heavy (non-hydrogen) atoms. The minimum Gasteiger partial charge on any atom is -0.307 e. The van der Waals surface area contributed by atoms with Crippen molar-refractivity contribution in [1.29, 1.82) is 0 Å². The van der Waals surface area contributed by atoms with Gasteiger partial charge in [-0.05, 0) is 12.1 Å². The van der Waals surface area contributed by atoms with E-state index in [-0.39, 0.29) is 23.9 Å². The Bertz CT molecular complexity index is 438. The third-order valence-corrected chi connectivity index (χ3v) is 2.39. The van der Waals surface area contributed by atoms with Gasteiger partial charge in [-0.2, -0.15) is 4.39 Å². The van der Waals surface area contributed by atoms with Crippen LogP contribution in [-0.4, -0.2) is 17.4 Å². The molecule has 1 saturated heterocycles. The highest BCUT2D eigenvalue weighted by Gasteiger charge is 2.30. The smallest absolute Gasteiger partial charge is 0.236 e. The first-order valence-corrected chi connectivity index (χ1v) is 4.59. The van der Waals surface area contributed by atoms with Crippen LogP contribution in [0.5, 0.6) is 0 Å². The quantitative estimate of drug-likeness (QED) is 0.509. The summed E-state index contributed by atoms with van der Waals surface area (Å²) in [6, 6.07) is 3.12. The molecule has 0 saturated carbocycles. The van der Waals surface area contributed by atoms with Crippen molar-refractivity contribution >= 4 is 11.6 Å². The maximum atomic E-state index is 13.3. The summed E-state index contributed by atoms with van der Waals surface area (Å²) >= 11 is 0. The van der Waals surface area contributed by atoms with Crippen molar-refractivity contribution in [2.24, 2.45) is 5.92 Å². The molecule has 1 amide bonds. The van der Waals surface area contributed by atoms with Gasteiger partial charge in [-0.3, -0.25) is 4.79 Å². The molecular formula is C11H9FN2O. The molecule has 1 aromatic rings.